The SMILES string of the molecule is c1ccc(-c2ccc3c(c2)c2cc(-c4ccc5c(c4)c4c6ccccc6ccc4n5-c4ccccc4)ccc2n3-c2ccccc2)cc1. The molecule has 0 N–H and O–H groups in total. The fourth-order valence-electron chi connectivity index (χ4n) is 7.69. The standard InChI is InChI=1S/C46H30N2/c1-4-12-31(13-5-1)33-21-24-42-39(28-33)40-29-34(22-25-43(40)47(42)36-15-6-2-7-16-36)35-23-26-44-41(30-35)46-38-19-11-10-14-32(38)20-27-45(46)48(44)37-17-8-3-9-18-37/h1-30H. The van der Waals surface area contributed by atoms with Gasteiger partial charge in [-0.2, -0.15) is 0 Å². The lowest BCUT2D eigenvalue weighted by Gasteiger charge is -2.09. The van der Waals surface area contributed by atoms with E-state index < -0.39 is 0 Å². The van der Waals surface area contributed by atoms with E-state index in [2.05, 4.69) is 191 Å². The van der Waals surface area contributed by atoms with Gasteiger partial charge in [-0.05, 0) is 99.8 Å². The zero-order valence-electron chi connectivity index (χ0n) is 26.2. The van der Waals surface area contributed by atoms with Crippen LogP contribution in [0.15, 0.2) is 182 Å². The predicted octanol–water partition coefficient (Wildman–Crippen LogP) is 12.4. The second kappa shape index (κ2) is 10.6. The first-order valence-corrected chi connectivity index (χ1v) is 16.5. The first-order valence-electron chi connectivity index (χ1n) is 16.5. The minimum atomic E-state index is 1.17. The van der Waals surface area contributed by atoms with E-state index in [1.165, 1.54) is 88.0 Å². The van der Waals surface area contributed by atoms with Gasteiger partial charge in [-0.1, -0.05) is 115 Å². The Balaban J connectivity index is 1.24. The first kappa shape index (κ1) is 26.8. The minimum Gasteiger partial charge on any atom is -0.309 e. The fourth-order valence-corrected chi connectivity index (χ4v) is 7.69. The van der Waals surface area contributed by atoms with Crippen LogP contribution in [0.4, 0.5) is 0 Å². The number of fused-ring (bicyclic) bond motifs is 8. The Morgan fingerprint density at radius 1 is 0.271 bits per heavy atom. The van der Waals surface area contributed by atoms with Crippen molar-refractivity contribution in [2.45, 2.75) is 0 Å². The van der Waals surface area contributed by atoms with Gasteiger partial charge in [0.1, 0.15) is 0 Å². The number of para-hydroxylation sites is 2. The molecule has 10 rings (SSSR count). The quantitative estimate of drug-likeness (QED) is 0.188. The molecule has 48 heavy (non-hydrogen) atoms. The van der Waals surface area contributed by atoms with Crippen LogP contribution in [0.5, 0.6) is 0 Å². The molecule has 0 bridgehead atoms. The Labute approximate surface area is 278 Å². The highest BCUT2D eigenvalue weighted by atomic mass is 15.0. The summed E-state index contributed by atoms with van der Waals surface area (Å²) in [6.45, 7) is 0. The monoisotopic (exact) mass is 610 g/mol. The van der Waals surface area contributed by atoms with Crippen molar-refractivity contribution in [2.75, 3.05) is 0 Å². The Morgan fingerprint density at radius 2 is 0.708 bits per heavy atom. The normalized spacial score (nSPS) is 11.8. The van der Waals surface area contributed by atoms with Crippen LogP contribution >= 0.6 is 0 Å². The van der Waals surface area contributed by atoms with E-state index in [0.29, 0.717) is 0 Å². The number of hydrogen-bond acceptors (Lipinski definition) is 0. The third-order valence-corrected chi connectivity index (χ3v) is 9.89. The van der Waals surface area contributed by atoms with E-state index in [1.807, 2.05) is 0 Å². The van der Waals surface area contributed by atoms with Crippen LogP contribution in [0.2, 0.25) is 0 Å². The molecule has 0 fully saturated rings. The molecular weight excluding hydrogens is 581 g/mol. The third-order valence-electron chi connectivity index (χ3n) is 9.89. The van der Waals surface area contributed by atoms with Gasteiger partial charge in [0.05, 0.1) is 22.1 Å². The number of nitrogens with zero attached hydrogens (tertiary/aromatic N) is 2. The van der Waals surface area contributed by atoms with Crippen LogP contribution in [0, 0.1) is 0 Å². The van der Waals surface area contributed by atoms with Gasteiger partial charge in [0.25, 0.3) is 0 Å². The van der Waals surface area contributed by atoms with Gasteiger partial charge in [-0.3, -0.25) is 0 Å². The van der Waals surface area contributed by atoms with Gasteiger partial charge in [0.15, 0.2) is 0 Å². The van der Waals surface area contributed by atoms with Crippen molar-refractivity contribution in [1.82, 2.24) is 9.13 Å². The summed E-state index contributed by atoms with van der Waals surface area (Å²) in [5.41, 5.74) is 12.1. The molecular formula is C46H30N2. The van der Waals surface area contributed by atoms with Gasteiger partial charge in [0.2, 0.25) is 0 Å². The van der Waals surface area contributed by atoms with Crippen LogP contribution in [-0.4, -0.2) is 9.13 Å². The van der Waals surface area contributed by atoms with E-state index >= 15 is 0 Å². The van der Waals surface area contributed by atoms with E-state index in [9.17, 15) is 0 Å². The summed E-state index contributed by atoms with van der Waals surface area (Å²) >= 11 is 0. The Morgan fingerprint density at radius 3 is 1.31 bits per heavy atom. The van der Waals surface area contributed by atoms with Crippen LogP contribution in [0.1, 0.15) is 0 Å². The Bertz CT molecular complexity index is 2810. The topological polar surface area (TPSA) is 9.86 Å². The van der Waals surface area contributed by atoms with E-state index in [1.54, 1.807) is 0 Å². The maximum Gasteiger partial charge on any atom is 0.0547 e. The molecule has 0 aliphatic heterocycles. The maximum atomic E-state index is 2.41. The average molecular weight is 611 g/mol. The average Bonchev–Trinajstić information content (AvgIpc) is 3.68. The molecule has 0 saturated carbocycles. The summed E-state index contributed by atoms with van der Waals surface area (Å²) in [5, 5.41) is 7.60. The van der Waals surface area contributed by atoms with Gasteiger partial charge in [0, 0.05) is 32.9 Å². The summed E-state index contributed by atoms with van der Waals surface area (Å²) in [5.74, 6) is 0. The molecule has 0 saturated heterocycles. The van der Waals surface area contributed by atoms with Crippen molar-refractivity contribution >= 4 is 54.4 Å². The number of hydrogen-bond donors (Lipinski definition) is 0. The van der Waals surface area contributed by atoms with E-state index in [-0.39, 0.29) is 0 Å². The fraction of sp³-hybridized carbons (Fsp3) is 0. The van der Waals surface area contributed by atoms with Crippen LogP contribution < -0.4 is 0 Å². The molecule has 0 unspecified atom stereocenters. The van der Waals surface area contributed by atoms with Crippen molar-refractivity contribution in [3.63, 3.8) is 0 Å². The molecule has 8 aromatic carbocycles. The number of benzene rings is 8. The second-order valence-corrected chi connectivity index (χ2v) is 12.6. The first-order chi connectivity index (χ1) is 23.8. The smallest absolute Gasteiger partial charge is 0.0547 e. The Hall–Kier alpha value is -6.38. The van der Waals surface area contributed by atoms with Crippen molar-refractivity contribution in [3.8, 4) is 33.6 Å². The summed E-state index contributed by atoms with van der Waals surface area (Å²) in [6.07, 6.45) is 0. The second-order valence-electron chi connectivity index (χ2n) is 12.6. The highest BCUT2D eigenvalue weighted by Gasteiger charge is 2.18. The Kier molecular flexibility index (Phi) is 5.91. The van der Waals surface area contributed by atoms with Gasteiger partial charge >= 0.3 is 0 Å². The van der Waals surface area contributed by atoms with Crippen LogP contribution in [0.3, 0.4) is 0 Å². The third kappa shape index (κ3) is 4.06. The molecule has 0 radical (unpaired) electrons. The summed E-state index contributed by atoms with van der Waals surface area (Å²) in [6, 6.07) is 66.2. The molecule has 224 valence electrons. The van der Waals surface area contributed by atoms with Crippen molar-refractivity contribution < 1.29 is 0 Å². The molecule has 0 atom stereocenters. The van der Waals surface area contributed by atoms with Gasteiger partial charge in [-0.25, -0.2) is 0 Å². The predicted molar refractivity (Wildman–Crippen MR) is 203 cm³/mol. The van der Waals surface area contributed by atoms with Gasteiger partial charge < -0.3 is 9.13 Å². The lowest BCUT2D eigenvalue weighted by molar-refractivity contribution is 1.18. The molecule has 0 aliphatic carbocycles. The highest BCUT2D eigenvalue weighted by Crippen LogP contribution is 2.41. The molecule has 2 heteroatoms. The molecule has 2 heterocycles. The maximum absolute atomic E-state index is 2.41. The lowest BCUT2D eigenvalue weighted by Crippen LogP contribution is -1.93. The van der Waals surface area contributed by atoms with E-state index in [4.69, 9.17) is 0 Å². The van der Waals surface area contributed by atoms with Crippen LogP contribution in [0.25, 0.3) is 88.0 Å². The summed E-state index contributed by atoms with van der Waals surface area (Å²) < 4.78 is 4.80. The lowest BCUT2D eigenvalue weighted by atomic mass is 9.98. The summed E-state index contributed by atoms with van der Waals surface area (Å²) in [7, 11) is 0. The molecule has 0 spiro atoms. The van der Waals surface area contributed by atoms with Gasteiger partial charge in [-0.15, -0.1) is 0 Å². The van der Waals surface area contributed by atoms with Crippen molar-refractivity contribution in [1.29, 1.82) is 0 Å². The molecule has 10 aromatic rings. The van der Waals surface area contributed by atoms with Crippen LogP contribution in [-0.2, 0) is 0 Å². The molecule has 0 amide bonds. The molecule has 0 aliphatic rings. The zero-order chi connectivity index (χ0) is 31.6. The van der Waals surface area contributed by atoms with Crippen molar-refractivity contribution in [3.05, 3.63) is 182 Å². The number of rotatable bonds is 4. The highest BCUT2D eigenvalue weighted by molar-refractivity contribution is 6.22. The largest absolute Gasteiger partial charge is 0.309 e. The zero-order valence-corrected chi connectivity index (χ0v) is 26.2. The summed E-state index contributed by atoms with van der Waals surface area (Å²) in [4.78, 5) is 0. The molecule has 2 aromatic heterocycles. The molecule has 2 nitrogen and oxygen atoms in total. The number of aromatic nitrogens is 2. The van der Waals surface area contributed by atoms with Crippen molar-refractivity contribution in [2.24, 2.45) is 0 Å². The van der Waals surface area contributed by atoms with E-state index in [0.717, 1.165) is 0 Å². The minimum absolute atomic E-state index is 1.17.